The minimum atomic E-state index is -0.891. The van der Waals surface area contributed by atoms with Gasteiger partial charge in [0.25, 0.3) is 0 Å². The summed E-state index contributed by atoms with van der Waals surface area (Å²) in [5.74, 6) is -0.891. The Balaban J connectivity index is 2.11. The Labute approximate surface area is 116 Å². The highest BCUT2D eigenvalue weighted by Crippen LogP contribution is 2.43. The molecule has 0 bridgehead atoms. The number of carboxylic acids is 1. The van der Waals surface area contributed by atoms with Crippen molar-refractivity contribution in [1.82, 2.24) is 0 Å². The van der Waals surface area contributed by atoms with Crippen LogP contribution >= 0.6 is 15.9 Å². The number of halogens is 1. The van der Waals surface area contributed by atoms with Crippen LogP contribution < -0.4 is 5.32 Å². The van der Waals surface area contributed by atoms with E-state index < -0.39 is 5.97 Å². The van der Waals surface area contributed by atoms with Crippen molar-refractivity contribution in [3.63, 3.8) is 0 Å². The molecule has 1 fully saturated rings. The van der Waals surface area contributed by atoms with E-state index in [1.807, 2.05) is 12.1 Å². The number of aromatic carboxylic acids is 1. The van der Waals surface area contributed by atoms with Gasteiger partial charge in [0.05, 0.1) is 5.56 Å². The van der Waals surface area contributed by atoms with E-state index in [4.69, 9.17) is 0 Å². The maximum atomic E-state index is 11.2. The molecule has 1 saturated carbocycles. The van der Waals surface area contributed by atoms with Crippen molar-refractivity contribution >= 4 is 27.6 Å². The highest BCUT2D eigenvalue weighted by atomic mass is 79.9. The van der Waals surface area contributed by atoms with Gasteiger partial charge in [-0.2, -0.15) is 0 Å². The predicted octanol–water partition coefficient (Wildman–Crippen LogP) is 4.14. The monoisotopic (exact) mass is 311 g/mol. The van der Waals surface area contributed by atoms with E-state index in [1.54, 1.807) is 6.07 Å². The van der Waals surface area contributed by atoms with E-state index in [9.17, 15) is 9.90 Å². The van der Waals surface area contributed by atoms with Gasteiger partial charge in [-0.3, -0.25) is 0 Å². The fourth-order valence-corrected chi connectivity index (χ4v) is 2.82. The lowest BCUT2D eigenvalue weighted by Crippen LogP contribution is -2.36. The SMILES string of the molecule is CCC1(CNc2ccc(Br)cc2C(=O)O)CCC1. The Morgan fingerprint density at radius 2 is 2.22 bits per heavy atom. The first kappa shape index (κ1) is 13.4. The Morgan fingerprint density at radius 3 is 2.72 bits per heavy atom. The van der Waals surface area contributed by atoms with Gasteiger partial charge in [0.15, 0.2) is 0 Å². The van der Waals surface area contributed by atoms with Gasteiger partial charge in [-0.15, -0.1) is 0 Å². The summed E-state index contributed by atoms with van der Waals surface area (Å²) in [4.78, 5) is 11.2. The summed E-state index contributed by atoms with van der Waals surface area (Å²) in [7, 11) is 0. The molecule has 3 nitrogen and oxygen atoms in total. The standard InChI is InChI=1S/C14H18BrNO2/c1-2-14(6-3-7-14)9-16-12-5-4-10(15)8-11(12)13(17)18/h4-5,8,16H,2-3,6-7,9H2,1H3,(H,17,18). The van der Waals surface area contributed by atoms with Crippen LogP contribution in [-0.4, -0.2) is 17.6 Å². The van der Waals surface area contributed by atoms with E-state index in [0.29, 0.717) is 16.7 Å². The molecule has 0 aromatic heterocycles. The second-order valence-electron chi connectivity index (χ2n) is 5.06. The molecule has 18 heavy (non-hydrogen) atoms. The molecule has 0 spiro atoms. The van der Waals surface area contributed by atoms with Crippen molar-refractivity contribution in [2.24, 2.45) is 5.41 Å². The Kier molecular flexibility index (Phi) is 3.95. The molecule has 2 rings (SSSR count). The molecule has 0 saturated heterocycles. The van der Waals surface area contributed by atoms with Gasteiger partial charge in [-0.25, -0.2) is 4.79 Å². The molecule has 0 heterocycles. The molecule has 0 radical (unpaired) electrons. The zero-order valence-corrected chi connectivity index (χ0v) is 12.1. The Morgan fingerprint density at radius 1 is 1.50 bits per heavy atom. The third-order valence-electron chi connectivity index (χ3n) is 4.03. The van der Waals surface area contributed by atoms with Crippen molar-refractivity contribution in [3.8, 4) is 0 Å². The van der Waals surface area contributed by atoms with Gasteiger partial charge in [0.2, 0.25) is 0 Å². The van der Waals surface area contributed by atoms with Crippen molar-refractivity contribution in [1.29, 1.82) is 0 Å². The van der Waals surface area contributed by atoms with Crippen LogP contribution in [0.15, 0.2) is 22.7 Å². The average Bonchev–Trinajstić information content (AvgIpc) is 2.29. The van der Waals surface area contributed by atoms with Crippen LogP contribution in [0.4, 0.5) is 5.69 Å². The minimum absolute atomic E-state index is 0.329. The van der Waals surface area contributed by atoms with Crippen LogP contribution in [0.25, 0.3) is 0 Å². The number of benzene rings is 1. The lowest BCUT2D eigenvalue weighted by molar-refractivity contribution is 0.0697. The normalized spacial score (nSPS) is 17.0. The zero-order chi connectivity index (χ0) is 13.2. The zero-order valence-electron chi connectivity index (χ0n) is 10.5. The van der Waals surface area contributed by atoms with E-state index in [2.05, 4.69) is 28.2 Å². The lowest BCUT2D eigenvalue weighted by atomic mass is 9.67. The molecule has 1 aromatic rings. The second-order valence-corrected chi connectivity index (χ2v) is 5.97. The van der Waals surface area contributed by atoms with Crippen LogP contribution in [0.5, 0.6) is 0 Å². The van der Waals surface area contributed by atoms with E-state index >= 15 is 0 Å². The van der Waals surface area contributed by atoms with E-state index in [0.717, 1.165) is 17.4 Å². The Bertz CT molecular complexity index is 450. The molecule has 4 heteroatoms. The highest BCUT2D eigenvalue weighted by Gasteiger charge is 2.34. The number of hydrogen-bond acceptors (Lipinski definition) is 2. The molecule has 98 valence electrons. The number of carbonyl (C=O) groups is 1. The molecule has 0 aliphatic heterocycles. The first-order valence-electron chi connectivity index (χ1n) is 6.33. The number of carboxylic acid groups (broad SMARTS) is 1. The predicted molar refractivity (Wildman–Crippen MR) is 76.2 cm³/mol. The van der Waals surface area contributed by atoms with Gasteiger partial charge in [0.1, 0.15) is 0 Å². The second kappa shape index (κ2) is 5.31. The van der Waals surface area contributed by atoms with Gasteiger partial charge >= 0.3 is 5.97 Å². The number of rotatable bonds is 5. The molecule has 1 aliphatic carbocycles. The highest BCUT2D eigenvalue weighted by molar-refractivity contribution is 9.10. The van der Waals surface area contributed by atoms with Gasteiger partial charge < -0.3 is 10.4 Å². The van der Waals surface area contributed by atoms with Crippen LogP contribution in [-0.2, 0) is 0 Å². The van der Waals surface area contributed by atoms with E-state index in [1.165, 1.54) is 19.3 Å². The minimum Gasteiger partial charge on any atom is -0.478 e. The fraction of sp³-hybridized carbons (Fsp3) is 0.500. The van der Waals surface area contributed by atoms with Gasteiger partial charge in [0, 0.05) is 16.7 Å². The van der Waals surface area contributed by atoms with Crippen LogP contribution in [0.3, 0.4) is 0 Å². The maximum absolute atomic E-state index is 11.2. The van der Waals surface area contributed by atoms with Crippen LogP contribution in [0, 0.1) is 5.41 Å². The van der Waals surface area contributed by atoms with Crippen molar-refractivity contribution in [3.05, 3.63) is 28.2 Å². The smallest absolute Gasteiger partial charge is 0.337 e. The summed E-state index contributed by atoms with van der Waals surface area (Å²) in [6.45, 7) is 3.08. The third-order valence-corrected chi connectivity index (χ3v) is 4.52. The summed E-state index contributed by atoms with van der Waals surface area (Å²) in [6.07, 6.45) is 4.94. The van der Waals surface area contributed by atoms with Crippen LogP contribution in [0.1, 0.15) is 43.0 Å². The van der Waals surface area contributed by atoms with Crippen molar-refractivity contribution in [2.45, 2.75) is 32.6 Å². The molecule has 0 amide bonds. The quantitative estimate of drug-likeness (QED) is 0.859. The molecular formula is C14H18BrNO2. The average molecular weight is 312 g/mol. The summed E-state index contributed by atoms with van der Waals surface area (Å²) in [5.41, 5.74) is 1.42. The molecular weight excluding hydrogens is 294 g/mol. The topological polar surface area (TPSA) is 49.3 Å². The maximum Gasteiger partial charge on any atom is 0.337 e. The van der Waals surface area contributed by atoms with Crippen molar-refractivity contribution in [2.75, 3.05) is 11.9 Å². The third kappa shape index (κ3) is 2.69. The summed E-state index contributed by atoms with van der Waals surface area (Å²) >= 11 is 3.30. The van der Waals surface area contributed by atoms with E-state index in [-0.39, 0.29) is 0 Å². The summed E-state index contributed by atoms with van der Waals surface area (Å²) < 4.78 is 0.791. The number of nitrogens with one attached hydrogen (secondary N) is 1. The summed E-state index contributed by atoms with van der Waals surface area (Å²) in [6, 6.07) is 5.34. The Hall–Kier alpha value is -1.03. The number of anilines is 1. The fourth-order valence-electron chi connectivity index (χ4n) is 2.46. The molecule has 2 N–H and O–H groups in total. The summed E-state index contributed by atoms with van der Waals surface area (Å²) in [5, 5.41) is 12.5. The molecule has 0 atom stereocenters. The lowest BCUT2D eigenvalue weighted by Gasteiger charge is -2.41. The number of hydrogen-bond donors (Lipinski definition) is 2. The first-order valence-corrected chi connectivity index (χ1v) is 7.12. The van der Waals surface area contributed by atoms with Crippen molar-refractivity contribution < 1.29 is 9.90 Å². The largest absolute Gasteiger partial charge is 0.478 e. The molecule has 1 aliphatic rings. The van der Waals surface area contributed by atoms with Gasteiger partial charge in [-0.1, -0.05) is 29.3 Å². The van der Waals surface area contributed by atoms with Gasteiger partial charge in [-0.05, 0) is 42.9 Å². The first-order chi connectivity index (χ1) is 8.56. The molecule has 1 aromatic carbocycles. The molecule has 0 unspecified atom stereocenters. The van der Waals surface area contributed by atoms with Crippen LogP contribution in [0.2, 0.25) is 0 Å².